The Morgan fingerprint density at radius 3 is 2.78 bits per heavy atom. The van der Waals surface area contributed by atoms with E-state index in [-0.39, 0.29) is 17.9 Å². The Bertz CT molecular complexity index is 1070. The summed E-state index contributed by atoms with van der Waals surface area (Å²) in [5, 5.41) is 21.3. The lowest BCUT2D eigenvalue weighted by atomic mass is 9.85. The summed E-state index contributed by atoms with van der Waals surface area (Å²) in [5.74, 6) is 0.482. The molecular formula is C21H25F3N6O2. The van der Waals surface area contributed by atoms with Gasteiger partial charge in [-0.25, -0.2) is 4.98 Å². The van der Waals surface area contributed by atoms with E-state index in [1.165, 1.54) is 13.8 Å². The number of hydrogen-bond acceptors (Lipinski definition) is 7. The van der Waals surface area contributed by atoms with Crippen LogP contribution in [0.25, 0.3) is 5.65 Å². The molecule has 0 radical (unpaired) electrons. The molecule has 0 spiro atoms. The van der Waals surface area contributed by atoms with Gasteiger partial charge in [-0.2, -0.15) is 18.2 Å². The molecule has 3 aromatic rings. The van der Waals surface area contributed by atoms with Crippen LogP contribution in [-0.4, -0.2) is 47.9 Å². The van der Waals surface area contributed by atoms with Crippen molar-refractivity contribution >= 4 is 11.6 Å². The lowest BCUT2D eigenvalue weighted by Crippen LogP contribution is -2.29. The largest absolute Gasteiger partial charge is 0.471 e. The molecule has 4 rings (SSSR count). The predicted molar refractivity (Wildman–Crippen MR) is 110 cm³/mol. The zero-order valence-electron chi connectivity index (χ0n) is 17.8. The molecule has 0 saturated heterocycles. The molecule has 2 N–H and O–H groups in total. The number of nitrogens with zero attached hydrogens (tertiary/aromatic N) is 5. The monoisotopic (exact) mass is 450 g/mol. The summed E-state index contributed by atoms with van der Waals surface area (Å²) < 4.78 is 47.4. The Labute approximate surface area is 182 Å². The normalized spacial score (nSPS) is 21.3. The van der Waals surface area contributed by atoms with E-state index >= 15 is 0 Å². The molecular weight excluding hydrogens is 425 g/mol. The van der Waals surface area contributed by atoms with Crippen LogP contribution in [0.3, 0.4) is 0 Å². The van der Waals surface area contributed by atoms with Crippen molar-refractivity contribution in [2.75, 3.05) is 5.32 Å². The molecule has 1 fully saturated rings. The number of aliphatic hydroxyl groups excluding tert-OH is 1. The second-order valence-corrected chi connectivity index (χ2v) is 8.17. The van der Waals surface area contributed by atoms with Gasteiger partial charge in [0.2, 0.25) is 11.8 Å². The van der Waals surface area contributed by atoms with Gasteiger partial charge in [-0.3, -0.25) is 4.40 Å². The summed E-state index contributed by atoms with van der Waals surface area (Å²) in [7, 11) is 0. The van der Waals surface area contributed by atoms with Crippen molar-refractivity contribution in [2.45, 2.75) is 69.9 Å². The second-order valence-electron chi connectivity index (χ2n) is 8.17. The molecule has 0 bridgehead atoms. The third kappa shape index (κ3) is 4.77. The molecule has 32 heavy (non-hydrogen) atoms. The minimum absolute atomic E-state index is 0.0383. The molecule has 0 unspecified atom stereocenters. The van der Waals surface area contributed by atoms with Gasteiger partial charge in [-0.15, -0.1) is 10.2 Å². The third-order valence-electron chi connectivity index (χ3n) is 5.75. The fraction of sp³-hybridized carbons (Fsp3) is 0.524. The van der Waals surface area contributed by atoms with Crippen LogP contribution in [0.1, 0.15) is 56.8 Å². The van der Waals surface area contributed by atoms with Crippen LogP contribution >= 0.6 is 0 Å². The lowest BCUT2D eigenvalue weighted by Gasteiger charge is -2.29. The summed E-state index contributed by atoms with van der Waals surface area (Å²) in [6.45, 7) is 2.92. The van der Waals surface area contributed by atoms with Gasteiger partial charge in [0.25, 0.3) is 0 Å². The summed E-state index contributed by atoms with van der Waals surface area (Å²) in [6, 6.07) is 5.67. The minimum atomic E-state index is -4.67. The highest BCUT2D eigenvalue weighted by Gasteiger charge is 2.37. The van der Waals surface area contributed by atoms with Gasteiger partial charge in [0.1, 0.15) is 17.5 Å². The first-order valence-electron chi connectivity index (χ1n) is 10.6. The number of pyridine rings is 1. The molecule has 3 aromatic heterocycles. The van der Waals surface area contributed by atoms with Gasteiger partial charge in [-0.05, 0) is 45.2 Å². The van der Waals surface area contributed by atoms with Crippen LogP contribution in [0.15, 0.2) is 30.6 Å². The Hall–Kier alpha value is -2.95. The first-order chi connectivity index (χ1) is 15.2. The van der Waals surface area contributed by atoms with Gasteiger partial charge in [0.05, 0.1) is 6.10 Å². The van der Waals surface area contributed by atoms with Crippen LogP contribution in [0.4, 0.5) is 19.1 Å². The maximum atomic E-state index is 13.4. The third-order valence-corrected chi connectivity index (χ3v) is 5.75. The molecule has 0 aliphatic heterocycles. The first kappa shape index (κ1) is 22.3. The van der Waals surface area contributed by atoms with Crippen LogP contribution in [0, 0.1) is 0 Å². The van der Waals surface area contributed by atoms with Crippen molar-refractivity contribution in [3.63, 3.8) is 0 Å². The maximum Gasteiger partial charge on any atom is 0.423 e. The van der Waals surface area contributed by atoms with Crippen LogP contribution in [-0.2, 0) is 6.18 Å². The van der Waals surface area contributed by atoms with Crippen molar-refractivity contribution < 1.29 is 23.0 Å². The number of halogens is 3. The average molecular weight is 450 g/mol. The smallest absolute Gasteiger partial charge is 0.423 e. The Morgan fingerprint density at radius 1 is 1.22 bits per heavy atom. The van der Waals surface area contributed by atoms with Crippen molar-refractivity contribution in [1.29, 1.82) is 0 Å². The van der Waals surface area contributed by atoms with Crippen molar-refractivity contribution in [3.05, 3.63) is 42.0 Å². The molecule has 0 amide bonds. The zero-order valence-corrected chi connectivity index (χ0v) is 17.8. The first-order valence-corrected chi connectivity index (χ1v) is 10.6. The molecule has 172 valence electrons. The number of hydrogen-bond donors (Lipinski definition) is 2. The topological polar surface area (TPSA) is 97.5 Å². The summed E-state index contributed by atoms with van der Waals surface area (Å²) >= 11 is 0. The Kier molecular flexibility index (Phi) is 6.18. The lowest BCUT2D eigenvalue weighted by molar-refractivity contribution is -0.140. The molecule has 3 heterocycles. The van der Waals surface area contributed by atoms with Crippen LogP contribution < -0.4 is 10.1 Å². The van der Waals surface area contributed by atoms with E-state index in [2.05, 4.69) is 25.5 Å². The van der Waals surface area contributed by atoms with E-state index in [0.29, 0.717) is 6.20 Å². The van der Waals surface area contributed by atoms with Crippen LogP contribution in [0.2, 0.25) is 0 Å². The highest BCUT2D eigenvalue weighted by atomic mass is 19.4. The Balaban J connectivity index is 1.53. The minimum Gasteiger partial charge on any atom is -0.471 e. The maximum absolute atomic E-state index is 13.4. The van der Waals surface area contributed by atoms with E-state index in [4.69, 9.17) is 4.74 Å². The quantitative estimate of drug-likeness (QED) is 0.589. The number of aromatic nitrogens is 5. The number of nitrogens with one attached hydrogen (secondary N) is 1. The van der Waals surface area contributed by atoms with Crippen LogP contribution in [0.5, 0.6) is 5.88 Å². The standard InChI is InChI=1S/C21H25F3N6O2/c1-12(31)13(2)32-19-16(21(22,23)24)11-25-20(27-19)26-15-7-5-6-14(10-15)18-29-28-17-8-3-4-9-30(17)18/h3-4,8-9,11-15,31H,5-7,10H2,1-2H3,(H,25,26,27)/t12-,13+,14-,15+/m0/s1. The number of aliphatic hydroxyl groups is 1. The second kappa shape index (κ2) is 8.89. The van der Waals surface area contributed by atoms with Crippen molar-refractivity contribution in [2.24, 2.45) is 0 Å². The van der Waals surface area contributed by atoms with Gasteiger partial charge >= 0.3 is 6.18 Å². The molecule has 8 nitrogen and oxygen atoms in total. The fourth-order valence-corrected chi connectivity index (χ4v) is 3.87. The summed E-state index contributed by atoms with van der Waals surface area (Å²) in [6.07, 6.45) is -0.428. The van der Waals surface area contributed by atoms with Gasteiger partial charge in [-0.1, -0.05) is 12.5 Å². The van der Waals surface area contributed by atoms with E-state index in [9.17, 15) is 18.3 Å². The summed E-state index contributed by atoms with van der Waals surface area (Å²) in [5.41, 5.74) is -0.301. The average Bonchev–Trinajstić information content (AvgIpc) is 3.17. The molecule has 1 saturated carbocycles. The van der Waals surface area contributed by atoms with E-state index in [1.807, 2.05) is 28.8 Å². The van der Waals surface area contributed by atoms with E-state index in [0.717, 1.165) is 37.2 Å². The van der Waals surface area contributed by atoms with E-state index < -0.39 is 29.8 Å². The van der Waals surface area contributed by atoms with Gasteiger partial charge in [0, 0.05) is 24.4 Å². The number of ether oxygens (including phenoxy) is 1. The number of fused-ring (bicyclic) bond motifs is 1. The molecule has 1 aliphatic rings. The number of anilines is 1. The molecule has 4 atom stereocenters. The van der Waals surface area contributed by atoms with Crippen molar-refractivity contribution in [1.82, 2.24) is 24.6 Å². The highest BCUT2D eigenvalue weighted by molar-refractivity contribution is 5.38. The highest BCUT2D eigenvalue weighted by Crippen LogP contribution is 2.37. The fourth-order valence-electron chi connectivity index (χ4n) is 3.87. The van der Waals surface area contributed by atoms with Crippen molar-refractivity contribution in [3.8, 4) is 5.88 Å². The predicted octanol–water partition coefficient (Wildman–Crippen LogP) is 3.82. The molecule has 11 heteroatoms. The summed E-state index contributed by atoms with van der Waals surface area (Å²) in [4.78, 5) is 7.86. The van der Waals surface area contributed by atoms with E-state index in [1.54, 1.807) is 0 Å². The molecule has 0 aromatic carbocycles. The van der Waals surface area contributed by atoms with Gasteiger partial charge in [0.15, 0.2) is 5.65 Å². The zero-order chi connectivity index (χ0) is 22.9. The number of alkyl halides is 3. The molecule has 1 aliphatic carbocycles. The SMILES string of the molecule is C[C@H](O)[C@@H](C)Oc1nc(N[C@@H]2CCC[C@H](c3nnc4ccccn34)C2)ncc1C(F)(F)F. The van der Waals surface area contributed by atoms with Gasteiger partial charge < -0.3 is 15.2 Å². The Morgan fingerprint density at radius 2 is 2.03 bits per heavy atom. The number of rotatable bonds is 6.